The van der Waals surface area contributed by atoms with Gasteiger partial charge in [-0.2, -0.15) is 0 Å². The Balaban J connectivity index is 2.23. The van der Waals surface area contributed by atoms with Crippen LogP contribution in [0.2, 0.25) is 0 Å². The van der Waals surface area contributed by atoms with E-state index in [1.165, 1.54) is 12.8 Å². The van der Waals surface area contributed by atoms with E-state index in [4.69, 9.17) is 10.5 Å². The number of nitrogens with two attached hydrogens (primary N) is 1. The Kier molecular flexibility index (Phi) is 5.24. The predicted octanol–water partition coefficient (Wildman–Crippen LogP) is 1.29. The van der Waals surface area contributed by atoms with Crippen LogP contribution in [-0.4, -0.2) is 47.7 Å². The number of aromatic nitrogens is 2. The van der Waals surface area contributed by atoms with Crippen molar-refractivity contribution < 1.29 is 4.74 Å². The smallest absolute Gasteiger partial charge is 0.125 e. The average Bonchev–Trinajstić information content (AvgIpc) is 2.58. The molecule has 5 nitrogen and oxygen atoms in total. The van der Waals surface area contributed by atoms with Gasteiger partial charge in [-0.25, -0.2) is 9.97 Å². The molecule has 2 N–H and O–H groups in total. The largest absolute Gasteiger partial charge is 0.383 e. The SMILES string of the molecule is COCCN1CCCCC(N)C1c1ccnc(C)n1. The maximum atomic E-state index is 6.38. The minimum atomic E-state index is 0.133. The minimum Gasteiger partial charge on any atom is -0.383 e. The second-order valence-corrected chi connectivity index (χ2v) is 5.16. The molecule has 0 radical (unpaired) electrons. The molecule has 5 heteroatoms. The number of hydrogen-bond acceptors (Lipinski definition) is 5. The summed E-state index contributed by atoms with van der Waals surface area (Å²) in [4.78, 5) is 11.2. The van der Waals surface area contributed by atoms with Crippen LogP contribution in [0.25, 0.3) is 0 Å². The molecule has 2 rings (SSSR count). The highest BCUT2D eigenvalue weighted by Crippen LogP contribution is 2.27. The normalized spacial score (nSPS) is 25.2. The number of nitrogens with zero attached hydrogens (tertiary/aromatic N) is 3. The van der Waals surface area contributed by atoms with Crippen molar-refractivity contribution in [2.24, 2.45) is 5.73 Å². The van der Waals surface area contributed by atoms with Gasteiger partial charge in [0.15, 0.2) is 0 Å². The monoisotopic (exact) mass is 264 g/mol. The molecule has 1 saturated heterocycles. The fourth-order valence-corrected chi connectivity index (χ4v) is 2.77. The van der Waals surface area contributed by atoms with Crippen molar-refractivity contribution in [3.8, 4) is 0 Å². The Bertz CT molecular complexity index is 399. The van der Waals surface area contributed by atoms with Crippen LogP contribution in [0.1, 0.15) is 36.8 Å². The first-order valence-electron chi connectivity index (χ1n) is 7.00. The molecule has 0 spiro atoms. The molecule has 1 aromatic heterocycles. The van der Waals surface area contributed by atoms with Crippen molar-refractivity contribution in [2.75, 3.05) is 26.8 Å². The summed E-state index contributed by atoms with van der Waals surface area (Å²) >= 11 is 0. The van der Waals surface area contributed by atoms with Crippen LogP contribution in [-0.2, 0) is 4.74 Å². The number of hydrogen-bond donors (Lipinski definition) is 1. The molecule has 0 saturated carbocycles. The third-order valence-electron chi connectivity index (χ3n) is 3.71. The molecule has 2 unspecified atom stereocenters. The van der Waals surface area contributed by atoms with E-state index in [9.17, 15) is 0 Å². The van der Waals surface area contributed by atoms with Gasteiger partial charge in [0.05, 0.1) is 18.3 Å². The van der Waals surface area contributed by atoms with Gasteiger partial charge in [0, 0.05) is 25.9 Å². The van der Waals surface area contributed by atoms with Crippen LogP contribution in [0.4, 0.5) is 0 Å². The maximum absolute atomic E-state index is 6.38. The summed E-state index contributed by atoms with van der Waals surface area (Å²) in [6.07, 6.45) is 5.25. The van der Waals surface area contributed by atoms with E-state index in [1.54, 1.807) is 7.11 Å². The molecule has 0 aromatic carbocycles. The molecule has 106 valence electrons. The second-order valence-electron chi connectivity index (χ2n) is 5.16. The van der Waals surface area contributed by atoms with E-state index >= 15 is 0 Å². The number of rotatable bonds is 4. The van der Waals surface area contributed by atoms with Gasteiger partial charge in [0.1, 0.15) is 5.82 Å². The third-order valence-corrected chi connectivity index (χ3v) is 3.71. The number of likely N-dealkylation sites (tertiary alicyclic amines) is 1. The van der Waals surface area contributed by atoms with Gasteiger partial charge in [0.2, 0.25) is 0 Å². The molecule has 1 fully saturated rings. The minimum absolute atomic E-state index is 0.133. The van der Waals surface area contributed by atoms with Crippen LogP contribution >= 0.6 is 0 Å². The first-order valence-corrected chi connectivity index (χ1v) is 7.00. The highest BCUT2D eigenvalue weighted by Gasteiger charge is 2.29. The van der Waals surface area contributed by atoms with E-state index < -0.39 is 0 Å². The molecular weight excluding hydrogens is 240 g/mol. The predicted molar refractivity (Wildman–Crippen MR) is 74.8 cm³/mol. The lowest BCUT2D eigenvalue weighted by Crippen LogP contribution is -2.41. The zero-order chi connectivity index (χ0) is 13.7. The van der Waals surface area contributed by atoms with Crippen molar-refractivity contribution in [2.45, 2.75) is 38.3 Å². The summed E-state index contributed by atoms with van der Waals surface area (Å²) in [5.41, 5.74) is 7.42. The quantitative estimate of drug-likeness (QED) is 0.887. The van der Waals surface area contributed by atoms with Crippen molar-refractivity contribution >= 4 is 0 Å². The lowest BCUT2D eigenvalue weighted by Gasteiger charge is -2.32. The first-order chi connectivity index (χ1) is 9.22. The summed E-state index contributed by atoms with van der Waals surface area (Å²) in [7, 11) is 1.74. The molecule has 2 atom stereocenters. The highest BCUT2D eigenvalue weighted by atomic mass is 16.5. The first kappa shape index (κ1) is 14.4. The fourth-order valence-electron chi connectivity index (χ4n) is 2.77. The lowest BCUT2D eigenvalue weighted by atomic mass is 10.0. The Morgan fingerprint density at radius 2 is 2.32 bits per heavy atom. The van der Waals surface area contributed by atoms with Crippen LogP contribution in [0.15, 0.2) is 12.3 Å². The van der Waals surface area contributed by atoms with Gasteiger partial charge in [-0.1, -0.05) is 6.42 Å². The van der Waals surface area contributed by atoms with Crippen LogP contribution in [0.5, 0.6) is 0 Å². The van der Waals surface area contributed by atoms with Crippen LogP contribution < -0.4 is 5.73 Å². The molecule has 1 aliphatic heterocycles. The molecule has 1 aliphatic rings. The standard InChI is InChI=1S/C14H24N4O/c1-11-16-7-6-13(17-11)14-12(15)5-3-4-8-18(14)9-10-19-2/h6-7,12,14H,3-5,8-10,15H2,1-2H3. The van der Waals surface area contributed by atoms with E-state index in [2.05, 4.69) is 14.9 Å². The Morgan fingerprint density at radius 1 is 1.47 bits per heavy atom. The molecular formula is C14H24N4O. The Hall–Kier alpha value is -1.04. The van der Waals surface area contributed by atoms with Gasteiger partial charge in [-0.05, 0) is 32.4 Å². The summed E-state index contributed by atoms with van der Waals surface area (Å²) < 4.78 is 5.21. The average molecular weight is 264 g/mol. The summed E-state index contributed by atoms with van der Waals surface area (Å²) in [6.45, 7) is 4.61. The summed E-state index contributed by atoms with van der Waals surface area (Å²) in [5, 5.41) is 0. The highest BCUT2D eigenvalue weighted by molar-refractivity contribution is 5.11. The maximum Gasteiger partial charge on any atom is 0.125 e. The molecule has 0 aliphatic carbocycles. The van der Waals surface area contributed by atoms with Crippen molar-refractivity contribution in [1.29, 1.82) is 0 Å². The van der Waals surface area contributed by atoms with Gasteiger partial charge < -0.3 is 10.5 Å². The van der Waals surface area contributed by atoms with E-state index in [0.29, 0.717) is 0 Å². The number of methoxy groups -OCH3 is 1. The fraction of sp³-hybridized carbons (Fsp3) is 0.714. The van der Waals surface area contributed by atoms with Crippen molar-refractivity contribution in [3.63, 3.8) is 0 Å². The molecule has 1 aromatic rings. The zero-order valence-corrected chi connectivity index (χ0v) is 11.9. The van der Waals surface area contributed by atoms with E-state index in [0.717, 1.165) is 37.6 Å². The molecule has 2 heterocycles. The third kappa shape index (κ3) is 3.72. The lowest BCUT2D eigenvalue weighted by molar-refractivity contribution is 0.113. The van der Waals surface area contributed by atoms with E-state index in [-0.39, 0.29) is 12.1 Å². The van der Waals surface area contributed by atoms with E-state index in [1.807, 2.05) is 19.2 Å². The Labute approximate surface area is 115 Å². The molecule has 0 amide bonds. The van der Waals surface area contributed by atoms with Gasteiger partial charge in [-0.15, -0.1) is 0 Å². The summed E-state index contributed by atoms with van der Waals surface area (Å²) in [5.74, 6) is 0.806. The number of ether oxygens (including phenoxy) is 1. The summed E-state index contributed by atoms with van der Waals surface area (Å²) in [6, 6.07) is 2.30. The van der Waals surface area contributed by atoms with Crippen LogP contribution in [0, 0.1) is 6.92 Å². The van der Waals surface area contributed by atoms with Crippen molar-refractivity contribution in [3.05, 3.63) is 23.8 Å². The number of aryl methyl sites for hydroxylation is 1. The second kappa shape index (κ2) is 6.93. The van der Waals surface area contributed by atoms with Gasteiger partial charge >= 0.3 is 0 Å². The zero-order valence-electron chi connectivity index (χ0n) is 11.9. The topological polar surface area (TPSA) is 64.3 Å². The van der Waals surface area contributed by atoms with Crippen molar-refractivity contribution in [1.82, 2.24) is 14.9 Å². The van der Waals surface area contributed by atoms with Gasteiger partial charge in [0.25, 0.3) is 0 Å². The Morgan fingerprint density at radius 3 is 3.05 bits per heavy atom. The van der Waals surface area contributed by atoms with Gasteiger partial charge in [-0.3, -0.25) is 4.90 Å². The van der Waals surface area contributed by atoms with Crippen LogP contribution in [0.3, 0.4) is 0 Å². The molecule has 19 heavy (non-hydrogen) atoms. The molecule has 0 bridgehead atoms.